The highest BCUT2D eigenvalue weighted by Crippen LogP contribution is 2.26. The van der Waals surface area contributed by atoms with Crippen LogP contribution in [-0.4, -0.2) is 23.1 Å². The van der Waals surface area contributed by atoms with Gasteiger partial charge in [-0.25, -0.2) is 4.79 Å². The molecule has 0 aliphatic heterocycles. The van der Waals surface area contributed by atoms with Gasteiger partial charge in [-0.3, -0.25) is 4.79 Å². The second-order valence-electron chi connectivity index (χ2n) is 6.30. The third-order valence-corrected chi connectivity index (χ3v) is 4.37. The van der Waals surface area contributed by atoms with E-state index in [0.717, 1.165) is 17.2 Å². The molecule has 138 valence electrons. The smallest absolute Gasteiger partial charge is 0.342 e. The molecule has 0 aliphatic carbocycles. The van der Waals surface area contributed by atoms with E-state index in [1.54, 1.807) is 18.2 Å². The Hall–Kier alpha value is -3.34. The van der Waals surface area contributed by atoms with Gasteiger partial charge in [0.05, 0.1) is 0 Å². The van der Waals surface area contributed by atoms with Crippen LogP contribution in [-0.2, 0) is 16.0 Å². The summed E-state index contributed by atoms with van der Waals surface area (Å²) in [6, 6.07) is 17.9. The summed E-state index contributed by atoms with van der Waals surface area (Å²) in [4.78, 5) is 24.7. The van der Waals surface area contributed by atoms with Crippen molar-refractivity contribution in [2.24, 2.45) is 0 Å². The summed E-state index contributed by atoms with van der Waals surface area (Å²) in [7, 11) is 0. The van der Waals surface area contributed by atoms with Crippen molar-refractivity contribution in [1.82, 2.24) is 0 Å². The number of anilines is 1. The molecule has 0 heterocycles. The van der Waals surface area contributed by atoms with Crippen LogP contribution >= 0.6 is 0 Å². The van der Waals surface area contributed by atoms with E-state index in [2.05, 4.69) is 12.2 Å². The number of rotatable bonds is 5. The van der Waals surface area contributed by atoms with Gasteiger partial charge in [0.15, 0.2) is 6.10 Å². The van der Waals surface area contributed by atoms with Crippen LogP contribution in [0.1, 0.15) is 29.8 Å². The third kappa shape index (κ3) is 4.26. The fraction of sp³-hybridized carbons (Fsp3) is 0.182. The highest BCUT2D eigenvalue weighted by atomic mass is 16.5. The van der Waals surface area contributed by atoms with E-state index in [1.807, 2.05) is 36.4 Å². The summed E-state index contributed by atoms with van der Waals surface area (Å²) in [5.74, 6) is -1.36. The Balaban J connectivity index is 1.69. The second-order valence-corrected chi connectivity index (χ2v) is 6.30. The highest BCUT2D eigenvalue weighted by molar-refractivity contribution is 6.01. The molecule has 0 aliphatic rings. The molecule has 3 aromatic rings. The molecule has 0 unspecified atom stereocenters. The van der Waals surface area contributed by atoms with E-state index in [0.29, 0.717) is 5.69 Å². The van der Waals surface area contributed by atoms with Crippen molar-refractivity contribution in [2.45, 2.75) is 26.4 Å². The molecule has 5 nitrogen and oxygen atoms in total. The van der Waals surface area contributed by atoms with Gasteiger partial charge in [-0.15, -0.1) is 0 Å². The van der Waals surface area contributed by atoms with E-state index in [-0.39, 0.29) is 11.3 Å². The minimum atomic E-state index is -1.01. The molecule has 0 saturated heterocycles. The lowest BCUT2D eigenvalue weighted by molar-refractivity contribution is -0.123. The standard InChI is InChI=1S/C22H21NO4/c1-3-15-8-10-18(11-9-15)23-21(25)14(2)27-22(26)19-12-16-6-4-5-7-17(16)13-20(19)24/h4-14,24H,3H2,1-2H3,(H,23,25)/t14-/m1/s1. The molecule has 0 fully saturated rings. The Morgan fingerprint density at radius 3 is 2.30 bits per heavy atom. The zero-order valence-electron chi connectivity index (χ0n) is 15.2. The Morgan fingerprint density at radius 2 is 1.67 bits per heavy atom. The molecule has 2 N–H and O–H groups in total. The number of amides is 1. The summed E-state index contributed by atoms with van der Waals surface area (Å²) < 4.78 is 5.23. The molecule has 1 atom stereocenters. The monoisotopic (exact) mass is 363 g/mol. The molecule has 0 aromatic heterocycles. The van der Waals surface area contributed by atoms with E-state index >= 15 is 0 Å². The van der Waals surface area contributed by atoms with Crippen molar-refractivity contribution in [3.05, 3.63) is 71.8 Å². The van der Waals surface area contributed by atoms with Crippen LogP contribution in [0, 0.1) is 0 Å². The number of carbonyl (C=O) groups excluding carboxylic acids is 2. The largest absolute Gasteiger partial charge is 0.507 e. The van der Waals surface area contributed by atoms with Crippen molar-refractivity contribution in [2.75, 3.05) is 5.32 Å². The maximum absolute atomic E-state index is 12.4. The number of nitrogens with one attached hydrogen (secondary N) is 1. The highest BCUT2D eigenvalue weighted by Gasteiger charge is 2.21. The first-order chi connectivity index (χ1) is 13.0. The predicted octanol–water partition coefficient (Wildman–Crippen LogP) is 4.29. The fourth-order valence-corrected chi connectivity index (χ4v) is 2.74. The number of fused-ring (bicyclic) bond motifs is 1. The second kappa shape index (κ2) is 7.91. The van der Waals surface area contributed by atoms with Gasteiger partial charge in [0, 0.05) is 5.69 Å². The summed E-state index contributed by atoms with van der Waals surface area (Å²) in [5, 5.41) is 14.4. The number of phenols is 1. The van der Waals surface area contributed by atoms with Crippen molar-refractivity contribution >= 4 is 28.3 Å². The van der Waals surface area contributed by atoms with Crippen LogP contribution < -0.4 is 5.32 Å². The van der Waals surface area contributed by atoms with Gasteiger partial charge in [0.2, 0.25) is 0 Å². The Morgan fingerprint density at radius 1 is 1.04 bits per heavy atom. The maximum atomic E-state index is 12.4. The molecule has 0 saturated carbocycles. The van der Waals surface area contributed by atoms with Gasteiger partial charge in [0.25, 0.3) is 5.91 Å². The summed E-state index contributed by atoms with van der Waals surface area (Å²) >= 11 is 0. The van der Waals surface area contributed by atoms with Gasteiger partial charge in [-0.1, -0.05) is 43.3 Å². The van der Waals surface area contributed by atoms with Crippen LogP contribution in [0.15, 0.2) is 60.7 Å². The first-order valence-corrected chi connectivity index (χ1v) is 8.80. The summed E-state index contributed by atoms with van der Waals surface area (Å²) in [5.41, 5.74) is 1.83. The fourth-order valence-electron chi connectivity index (χ4n) is 2.74. The lowest BCUT2D eigenvalue weighted by atomic mass is 10.1. The number of ether oxygens (including phenoxy) is 1. The molecular formula is C22H21NO4. The molecule has 0 radical (unpaired) electrons. The van der Waals surface area contributed by atoms with Gasteiger partial charge in [0.1, 0.15) is 11.3 Å². The average molecular weight is 363 g/mol. The van der Waals surface area contributed by atoms with Crippen LogP contribution in [0.4, 0.5) is 5.69 Å². The third-order valence-electron chi connectivity index (χ3n) is 4.37. The van der Waals surface area contributed by atoms with Gasteiger partial charge < -0.3 is 15.2 Å². The lowest BCUT2D eigenvalue weighted by Crippen LogP contribution is -2.30. The van der Waals surface area contributed by atoms with Crippen molar-refractivity contribution < 1.29 is 19.4 Å². The number of aryl methyl sites for hydroxylation is 1. The maximum Gasteiger partial charge on any atom is 0.342 e. The zero-order valence-corrected chi connectivity index (χ0v) is 15.2. The molecular weight excluding hydrogens is 342 g/mol. The Kier molecular flexibility index (Phi) is 5.41. The number of hydrogen-bond donors (Lipinski definition) is 2. The SMILES string of the molecule is CCc1ccc(NC(=O)[C@@H](C)OC(=O)c2cc3ccccc3cc2O)cc1. The molecule has 5 heteroatoms. The lowest BCUT2D eigenvalue weighted by Gasteiger charge is -2.14. The first-order valence-electron chi connectivity index (χ1n) is 8.80. The van der Waals surface area contributed by atoms with Crippen LogP contribution in [0.3, 0.4) is 0 Å². The molecule has 0 spiro atoms. The topological polar surface area (TPSA) is 75.6 Å². The Bertz CT molecular complexity index is 979. The number of esters is 1. The van der Waals surface area contributed by atoms with Gasteiger partial charge >= 0.3 is 5.97 Å². The number of benzene rings is 3. The first kappa shape index (κ1) is 18.5. The van der Waals surface area contributed by atoms with E-state index < -0.39 is 18.0 Å². The van der Waals surface area contributed by atoms with Crippen LogP contribution in [0.5, 0.6) is 5.75 Å². The van der Waals surface area contributed by atoms with Gasteiger partial charge in [-0.05, 0) is 53.9 Å². The number of carbonyl (C=O) groups is 2. The minimum absolute atomic E-state index is 0.0284. The van der Waals surface area contributed by atoms with Crippen molar-refractivity contribution in [3.8, 4) is 5.75 Å². The predicted molar refractivity (Wildman–Crippen MR) is 105 cm³/mol. The van der Waals surface area contributed by atoms with Crippen LogP contribution in [0.2, 0.25) is 0 Å². The van der Waals surface area contributed by atoms with Crippen molar-refractivity contribution in [1.29, 1.82) is 0 Å². The molecule has 0 bridgehead atoms. The van der Waals surface area contributed by atoms with Crippen LogP contribution in [0.25, 0.3) is 10.8 Å². The number of hydrogen-bond acceptors (Lipinski definition) is 4. The molecule has 3 rings (SSSR count). The average Bonchev–Trinajstić information content (AvgIpc) is 2.67. The minimum Gasteiger partial charge on any atom is -0.507 e. The molecule has 3 aromatic carbocycles. The van der Waals surface area contributed by atoms with E-state index in [4.69, 9.17) is 4.74 Å². The van der Waals surface area contributed by atoms with E-state index in [1.165, 1.54) is 18.6 Å². The van der Waals surface area contributed by atoms with Crippen molar-refractivity contribution in [3.63, 3.8) is 0 Å². The van der Waals surface area contributed by atoms with Gasteiger partial charge in [-0.2, -0.15) is 0 Å². The molecule has 1 amide bonds. The number of phenolic OH excluding ortho intramolecular Hbond substituents is 1. The Labute approximate surface area is 157 Å². The van der Waals surface area contributed by atoms with E-state index in [9.17, 15) is 14.7 Å². The normalized spacial score (nSPS) is 11.8. The quantitative estimate of drug-likeness (QED) is 0.663. The zero-order chi connectivity index (χ0) is 19.4. The summed E-state index contributed by atoms with van der Waals surface area (Å²) in [6.45, 7) is 3.54. The summed E-state index contributed by atoms with van der Waals surface area (Å²) in [6.07, 6.45) is -0.0912. The number of aromatic hydroxyl groups is 1. The molecule has 27 heavy (non-hydrogen) atoms.